The maximum Gasteiger partial charge on any atom is 0.416 e. The van der Waals surface area contributed by atoms with Gasteiger partial charge in [0.1, 0.15) is 0 Å². The molecule has 3 rings (SSSR count). The predicted molar refractivity (Wildman–Crippen MR) is 100 cm³/mol. The van der Waals surface area contributed by atoms with E-state index in [0.717, 1.165) is 25.1 Å². The average Bonchev–Trinajstić information content (AvgIpc) is 2.92. The van der Waals surface area contributed by atoms with Crippen LogP contribution in [0.4, 0.5) is 17.6 Å². The van der Waals surface area contributed by atoms with Crippen LogP contribution in [0.5, 0.6) is 5.75 Å². The van der Waals surface area contributed by atoms with E-state index >= 15 is 0 Å². The number of nitrogens with zero attached hydrogens (tertiary/aromatic N) is 1. The molecule has 0 bridgehead atoms. The van der Waals surface area contributed by atoms with Crippen molar-refractivity contribution in [1.82, 2.24) is 10.2 Å². The second kappa shape index (κ2) is 8.68. The molecule has 0 aliphatic carbocycles. The maximum absolute atomic E-state index is 14.4. The Balaban J connectivity index is 2.12. The smallest absolute Gasteiger partial charge is 0.416 e. The van der Waals surface area contributed by atoms with Gasteiger partial charge in [-0.3, -0.25) is 4.90 Å². The molecule has 0 amide bonds. The van der Waals surface area contributed by atoms with Crippen LogP contribution in [0, 0.1) is 5.82 Å². The molecule has 1 aliphatic rings. The zero-order valence-electron chi connectivity index (χ0n) is 15.3. The van der Waals surface area contributed by atoms with Crippen LogP contribution in [0.15, 0.2) is 36.4 Å². The molecule has 0 aromatic heterocycles. The van der Waals surface area contributed by atoms with Crippen LogP contribution in [0.3, 0.4) is 0 Å². The SMILES string of the molecule is COc1ccc(C(c2cc(C(F)(F)F)ccc2Cl)N2CCCNCC2)cc1F. The van der Waals surface area contributed by atoms with Crippen LogP contribution in [0.1, 0.15) is 29.2 Å². The molecule has 1 N–H and O–H groups in total. The van der Waals surface area contributed by atoms with Gasteiger partial charge in [0.05, 0.1) is 18.7 Å². The molecule has 2 aromatic carbocycles. The number of ether oxygens (including phenoxy) is 1. The number of halogens is 5. The minimum atomic E-state index is -4.49. The molecule has 1 aliphatic heterocycles. The van der Waals surface area contributed by atoms with Crippen molar-refractivity contribution >= 4 is 11.6 Å². The highest BCUT2D eigenvalue weighted by atomic mass is 35.5. The highest BCUT2D eigenvalue weighted by Crippen LogP contribution is 2.39. The Bertz CT molecular complexity index is 820. The first-order valence-electron chi connectivity index (χ1n) is 8.96. The molecule has 1 fully saturated rings. The van der Waals surface area contributed by atoms with E-state index in [4.69, 9.17) is 16.3 Å². The molecule has 2 aromatic rings. The summed E-state index contributed by atoms with van der Waals surface area (Å²) < 4.78 is 59.2. The maximum atomic E-state index is 14.4. The predicted octanol–water partition coefficient (Wildman–Crippen LogP) is 4.89. The number of methoxy groups -OCH3 is 1. The molecule has 0 radical (unpaired) electrons. The third kappa shape index (κ3) is 4.59. The first-order chi connectivity index (χ1) is 13.3. The summed E-state index contributed by atoms with van der Waals surface area (Å²) in [5.41, 5.74) is 0.0585. The lowest BCUT2D eigenvalue weighted by Crippen LogP contribution is -2.33. The minimum Gasteiger partial charge on any atom is -0.494 e. The van der Waals surface area contributed by atoms with E-state index in [1.54, 1.807) is 6.07 Å². The van der Waals surface area contributed by atoms with Crippen molar-refractivity contribution in [3.05, 3.63) is 63.9 Å². The lowest BCUT2D eigenvalue weighted by Gasteiger charge is -2.32. The Hall–Kier alpha value is -1.83. The Morgan fingerprint density at radius 1 is 1.11 bits per heavy atom. The Morgan fingerprint density at radius 2 is 1.89 bits per heavy atom. The van der Waals surface area contributed by atoms with Gasteiger partial charge in [-0.05, 0) is 54.4 Å². The quantitative estimate of drug-likeness (QED) is 0.718. The van der Waals surface area contributed by atoms with Crippen LogP contribution < -0.4 is 10.1 Å². The van der Waals surface area contributed by atoms with Crippen molar-refractivity contribution < 1.29 is 22.3 Å². The normalized spacial score (nSPS) is 17.2. The summed E-state index contributed by atoms with van der Waals surface area (Å²) in [6.45, 7) is 2.75. The Morgan fingerprint density at radius 3 is 2.57 bits per heavy atom. The summed E-state index contributed by atoms with van der Waals surface area (Å²) in [6.07, 6.45) is -3.67. The van der Waals surface area contributed by atoms with Gasteiger partial charge in [0, 0.05) is 24.7 Å². The van der Waals surface area contributed by atoms with Crippen molar-refractivity contribution in [3.63, 3.8) is 0 Å². The van der Waals surface area contributed by atoms with Crippen LogP contribution in [0.2, 0.25) is 5.02 Å². The fourth-order valence-electron chi connectivity index (χ4n) is 3.49. The van der Waals surface area contributed by atoms with Crippen LogP contribution >= 0.6 is 11.6 Å². The van der Waals surface area contributed by atoms with Gasteiger partial charge < -0.3 is 10.1 Å². The van der Waals surface area contributed by atoms with Crippen LogP contribution in [-0.2, 0) is 6.18 Å². The topological polar surface area (TPSA) is 24.5 Å². The number of hydrogen-bond acceptors (Lipinski definition) is 3. The zero-order valence-corrected chi connectivity index (χ0v) is 16.1. The fourth-order valence-corrected chi connectivity index (χ4v) is 3.72. The second-order valence-electron chi connectivity index (χ2n) is 6.67. The highest BCUT2D eigenvalue weighted by molar-refractivity contribution is 6.31. The third-order valence-corrected chi connectivity index (χ3v) is 5.19. The summed E-state index contributed by atoms with van der Waals surface area (Å²) >= 11 is 6.32. The van der Waals surface area contributed by atoms with Gasteiger partial charge in [-0.15, -0.1) is 0 Å². The first-order valence-corrected chi connectivity index (χ1v) is 9.34. The summed E-state index contributed by atoms with van der Waals surface area (Å²) in [7, 11) is 1.36. The number of hydrogen-bond donors (Lipinski definition) is 1. The molecule has 0 spiro atoms. The van der Waals surface area contributed by atoms with Crippen molar-refractivity contribution in [2.45, 2.75) is 18.6 Å². The van der Waals surface area contributed by atoms with Gasteiger partial charge in [0.2, 0.25) is 0 Å². The van der Waals surface area contributed by atoms with E-state index < -0.39 is 23.6 Å². The largest absolute Gasteiger partial charge is 0.494 e. The molecule has 0 saturated carbocycles. The monoisotopic (exact) mass is 416 g/mol. The molecule has 1 unspecified atom stereocenters. The van der Waals surface area contributed by atoms with Crippen molar-refractivity contribution in [2.75, 3.05) is 33.3 Å². The van der Waals surface area contributed by atoms with Crippen molar-refractivity contribution in [2.24, 2.45) is 0 Å². The lowest BCUT2D eigenvalue weighted by atomic mass is 9.94. The van der Waals surface area contributed by atoms with E-state index in [-0.39, 0.29) is 10.8 Å². The van der Waals surface area contributed by atoms with E-state index in [9.17, 15) is 17.6 Å². The molecule has 1 atom stereocenters. The molecule has 28 heavy (non-hydrogen) atoms. The molecule has 1 heterocycles. The Labute approximate surface area is 166 Å². The zero-order chi connectivity index (χ0) is 20.3. The number of nitrogens with one attached hydrogen (secondary N) is 1. The van der Waals surface area contributed by atoms with Gasteiger partial charge in [0.25, 0.3) is 0 Å². The Kier molecular flexibility index (Phi) is 6.47. The van der Waals surface area contributed by atoms with Crippen LogP contribution in [-0.4, -0.2) is 38.2 Å². The van der Waals surface area contributed by atoms with Gasteiger partial charge in [0.15, 0.2) is 11.6 Å². The molecular formula is C20H21ClF4N2O. The van der Waals surface area contributed by atoms with E-state index in [0.29, 0.717) is 30.8 Å². The van der Waals surface area contributed by atoms with Gasteiger partial charge >= 0.3 is 6.18 Å². The number of benzene rings is 2. The summed E-state index contributed by atoms with van der Waals surface area (Å²) in [5, 5.41) is 3.48. The number of alkyl halides is 3. The molecule has 8 heteroatoms. The summed E-state index contributed by atoms with van der Waals surface area (Å²) in [6, 6.07) is 7.13. The van der Waals surface area contributed by atoms with Gasteiger partial charge in [-0.2, -0.15) is 13.2 Å². The third-order valence-electron chi connectivity index (χ3n) is 4.85. The molecular weight excluding hydrogens is 396 g/mol. The summed E-state index contributed by atoms with van der Waals surface area (Å²) in [5.74, 6) is -0.490. The van der Waals surface area contributed by atoms with E-state index in [1.165, 1.54) is 25.3 Å². The first kappa shape index (κ1) is 20.9. The van der Waals surface area contributed by atoms with Gasteiger partial charge in [-0.25, -0.2) is 4.39 Å². The number of rotatable bonds is 4. The van der Waals surface area contributed by atoms with E-state index in [2.05, 4.69) is 5.32 Å². The standard InChI is InChI=1S/C20H21ClF4N2O/c1-28-18-6-3-13(11-17(18)22)19(27-9-2-7-26-8-10-27)15-12-14(20(23,24)25)4-5-16(15)21/h3-6,11-12,19,26H,2,7-10H2,1H3. The molecule has 3 nitrogen and oxygen atoms in total. The minimum absolute atomic E-state index is 0.0789. The van der Waals surface area contributed by atoms with Crippen molar-refractivity contribution in [3.8, 4) is 5.75 Å². The van der Waals surface area contributed by atoms with Crippen LogP contribution in [0.25, 0.3) is 0 Å². The molecule has 152 valence electrons. The average molecular weight is 417 g/mol. The lowest BCUT2D eigenvalue weighted by molar-refractivity contribution is -0.137. The highest BCUT2D eigenvalue weighted by Gasteiger charge is 2.33. The summed E-state index contributed by atoms with van der Waals surface area (Å²) in [4.78, 5) is 2.03. The molecule has 1 saturated heterocycles. The second-order valence-corrected chi connectivity index (χ2v) is 7.08. The van der Waals surface area contributed by atoms with Crippen molar-refractivity contribution in [1.29, 1.82) is 0 Å². The van der Waals surface area contributed by atoms with Gasteiger partial charge in [-0.1, -0.05) is 17.7 Å². The van der Waals surface area contributed by atoms with E-state index in [1.807, 2.05) is 4.90 Å². The fraction of sp³-hybridized carbons (Fsp3) is 0.400.